The summed E-state index contributed by atoms with van der Waals surface area (Å²) in [7, 11) is 0. The molecule has 0 radical (unpaired) electrons. The first-order valence-corrected chi connectivity index (χ1v) is 6.94. The van der Waals surface area contributed by atoms with Crippen molar-refractivity contribution in [3.8, 4) is 0 Å². The van der Waals surface area contributed by atoms with Crippen molar-refractivity contribution in [2.45, 2.75) is 19.9 Å². The third kappa shape index (κ3) is 2.51. The Morgan fingerprint density at radius 3 is 2.52 bits per heavy atom. The van der Waals surface area contributed by atoms with E-state index in [1.54, 1.807) is 6.20 Å². The lowest BCUT2D eigenvalue weighted by molar-refractivity contribution is 0.617. The number of hydrogen-bond donors (Lipinski definition) is 2. The van der Waals surface area contributed by atoms with E-state index in [-0.39, 0.29) is 6.04 Å². The molecular weight excluding hydrogens is 260 g/mol. The fraction of sp³-hybridized carbons (Fsp3) is 0.176. The molecular formula is C17H18N4. The highest BCUT2D eigenvalue weighted by Crippen LogP contribution is 2.25. The van der Waals surface area contributed by atoms with Crippen LogP contribution in [0.25, 0.3) is 11.0 Å². The molecule has 4 heteroatoms. The fourth-order valence-corrected chi connectivity index (χ4v) is 2.53. The van der Waals surface area contributed by atoms with Gasteiger partial charge < -0.3 is 0 Å². The Morgan fingerprint density at radius 1 is 1.00 bits per heavy atom. The van der Waals surface area contributed by atoms with Crippen LogP contribution in [-0.4, -0.2) is 9.97 Å². The molecule has 0 aliphatic carbocycles. The number of nitrogens with zero attached hydrogens (tertiary/aromatic N) is 2. The minimum absolute atomic E-state index is 0.165. The van der Waals surface area contributed by atoms with Gasteiger partial charge >= 0.3 is 0 Å². The lowest BCUT2D eigenvalue weighted by atomic mass is 9.96. The standard InChI is InChI=1S/C17H18N4/c1-11-6-5-7-13(12(11)2)17(21-18)16-10-19-14-8-3-4-9-15(14)20-16/h3-10,17,21H,18H2,1-2H3. The summed E-state index contributed by atoms with van der Waals surface area (Å²) in [6, 6.07) is 13.9. The van der Waals surface area contributed by atoms with Gasteiger partial charge in [-0.3, -0.25) is 10.8 Å². The second-order valence-electron chi connectivity index (χ2n) is 5.17. The summed E-state index contributed by atoms with van der Waals surface area (Å²) in [6.45, 7) is 4.20. The van der Waals surface area contributed by atoms with Crippen LogP contribution in [0.3, 0.4) is 0 Å². The van der Waals surface area contributed by atoms with Crippen molar-refractivity contribution in [3.05, 3.63) is 71.0 Å². The van der Waals surface area contributed by atoms with E-state index in [0.717, 1.165) is 22.3 Å². The van der Waals surface area contributed by atoms with Gasteiger partial charge in [0.25, 0.3) is 0 Å². The normalized spacial score (nSPS) is 12.5. The molecule has 1 heterocycles. The molecule has 21 heavy (non-hydrogen) atoms. The largest absolute Gasteiger partial charge is 0.271 e. The molecule has 1 atom stereocenters. The summed E-state index contributed by atoms with van der Waals surface area (Å²) in [5, 5.41) is 0. The molecule has 0 spiro atoms. The van der Waals surface area contributed by atoms with Crippen LogP contribution in [0, 0.1) is 13.8 Å². The van der Waals surface area contributed by atoms with Crippen LogP contribution >= 0.6 is 0 Å². The minimum Gasteiger partial charge on any atom is -0.271 e. The van der Waals surface area contributed by atoms with E-state index >= 15 is 0 Å². The van der Waals surface area contributed by atoms with E-state index in [2.05, 4.69) is 41.4 Å². The first kappa shape index (κ1) is 13.7. The molecule has 0 saturated carbocycles. The highest BCUT2D eigenvalue weighted by Gasteiger charge is 2.17. The van der Waals surface area contributed by atoms with Crippen LogP contribution in [0.15, 0.2) is 48.7 Å². The molecule has 4 nitrogen and oxygen atoms in total. The lowest BCUT2D eigenvalue weighted by Crippen LogP contribution is -2.30. The molecule has 0 aliphatic heterocycles. The van der Waals surface area contributed by atoms with Crippen LogP contribution in [0.5, 0.6) is 0 Å². The molecule has 0 amide bonds. The molecule has 1 aromatic heterocycles. The second kappa shape index (κ2) is 5.60. The number of aromatic nitrogens is 2. The Kier molecular flexibility index (Phi) is 3.64. The maximum Gasteiger partial charge on any atom is 0.0900 e. The smallest absolute Gasteiger partial charge is 0.0900 e. The molecule has 3 aromatic rings. The average molecular weight is 278 g/mol. The third-order valence-electron chi connectivity index (χ3n) is 3.89. The van der Waals surface area contributed by atoms with Gasteiger partial charge in [0.05, 0.1) is 29.0 Å². The highest BCUT2D eigenvalue weighted by molar-refractivity contribution is 5.73. The molecule has 0 fully saturated rings. The molecule has 0 saturated heterocycles. The molecule has 2 aromatic carbocycles. The van der Waals surface area contributed by atoms with Crippen LogP contribution in [0.4, 0.5) is 0 Å². The van der Waals surface area contributed by atoms with E-state index in [1.807, 2.05) is 30.3 Å². The average Bonchev–Trinajstić information content (AvgIpc) is 2.52. The third-order valence-corrected chi connectivity index (χ3v) is 3.89. The zero-order chi connectivity index (χ0) is 14.8. The first-order chi connectivity index (χ1) is 10.2. The van der Waals surface area contributed by atoms with Gasteiger partial charge in [0.2, 0.25) is 0 Å². The van der Waals surface area contributed by atoms with Crippen LogP contribution in [0.1, 0.15) is 28.4 Å². The van der Waals surface area contributed by atoms with Gasteiger partial charge in [-0.05, 0) is 42.7 Å². The number of nitrogens with two attached hydrogens (primary N) is 1. The molecule has 3 rings (SSSR count). The predicted molar refractivity (Wildman–Crippen MR) is 84.6 cm³/mol. The van der Waals surface area contributed by atoms with Crippen LogP contribution < -0.4 is 11.3 Å². The SMILES string of the molecule is Cc1cccc(C(NN)c2cnc3ccccc3n2)c1C. The van der Waals surface area contributed by atoms with Gasteiger partial charge in [0.1, 0.15) is 0 Å². The summed E-state index contributed by atoms with van der Waals surface area (Å²) in [5.74, 6) is 5.78. The van der Waals surface area contributed by atoms with Crippen LogP contribution in [0.2, 0.25) is 0 Å². The van der Waals surface area contributed by atoms with Crippen molar-refractivity contribution in [1.29, 1.82) is 0 Å². The van der Waals surface area contributed by atoms with Crippen LogP contribution in [-0.2, 0) is 0 Å². The molecule has 0 aliphatic rings. The second-order valence-corrected chi connectivity index (χ2v) is 5.17. The molecule has 1 unspecified atom stereocenters. The Bertz CT molecular complexity index is 783. The van der Waals surface area contributed by atoms with E-state index in [9.17, 15) is 0 Å². The van der Waals surface area contributed by atoms with Crippen molar-refractivity contribution in [2.24, 2.45) is 5.84 Å². The predicted octanol–water partition coefficient (Wildman–Crippen LogP) is 2.80. The van der Waals surface area contributed by atoms with Gasteiger partial charge in [-0.1, -0.05) is 30.3 Å². The fourth-order valence-electron chi connectivity index (χ4n) is 2.53. The van der Waals surface area contributed by atoms with E-state index < -0.39 is 0 Å². The number of para-hydroxylation sites is 2. The van der Waals surface area contributed by atoms with E-state index in [1.165, 1.54) is 11.1 Å². The Balaban J connectivity index is 2.11. The molecule has 0 bridgehead atoms. The minimum atomic E-state index is -0.165. The monoisotopic (exact) mass is 278 g/mol. The maximum absolute atomic E-state index is 5.78. The van der Waals surface area contributed by atoms with Crippen molar-refractivity contribution in [1.82, 2.24) is 15.4 Å². The van der Waals surface area contributed by atoms with Gasteiger partial charge in [0, 0.05) is 0 Å². The van der Waals surface area contributed by atoms with E-state index in [0.29, 0.717) is 0 Å². The highest BCUT2D eigenvalue weighted by atomic mass is 15.2. The van der Waals surface area contributed by atoms with Crippen molar-refractivity contribution >= 4 is 11.0 Å². The quantitative estimate of drug-likeness (QED) is 0.571. The number of hydrogen-bond acceptors (Lipinski definition) is 4. The van der Waals surface area contributed by atoms with Gasteiger partial charge in [-0.2, -0.15) is 0 Å². The van der Waals surface area contributed by atoms with E-state index in [4.69, 9.17) is 5.84 Å². The number of benzene rings is 2. The van der Waals surface area contributed by atoms with Crippen molar-refractivity contribution < 1.29 is 0 Å². The summed E-state index contributed by atoms with van der Waals surface area (Å²) in [6.07, 6.45) is 1.79. The van der Waals surface area contributed by atoms with Crippen molar-refractivity contribution in [2.75, 3.05) is 0 Å². The van der Waals surface area contributed by atoms with Gasteiger partial charge in [-0.25, -0.2) is 10.4 Å². The number of aryl methyl sites for hydroxylation is 1. The Morgan fingerprint density at radius 2 is 1.76 bits per heavy atom. The molecule has 3 N–H and O–H groups in total. The summed E-state index contributed by atoms with van der Waals surface area (Å²) in [4.78, 5) is 9.16. The Labute approximate surface area is 124 Å². The summed E-state index contributed by atoms with van der Waals surface area (Å²) < 4.78 is 0. The van der Waals surface area contributed by atoms with Gasteiger partial charge in [0.15, 0.2) is 0 Å². The van der Waals surface area contributed by atoms with Crippen molar-refractivity contribution in [3.63, 3.8) is 0 Å². The summed E-state index contributed by atoms with van der Waals surface area (Å²) in [5.41, 5.74) is 9.03. The topological polar surface area (TPSA) is 63.8 Å². The first-order valence-electron chi connectivity index (χ1n) is 6.94. The lowest BCUT2D eigenvalue weighted by Gasteiger charge is -2.19. The number of rotatable bonds is 3. The zero-order valence-corrected chi connectivity index (χ0v) is 12.2. The maximum atomic E-state index is 5.78. The molecule has 106 valence electrons. The zero-order valence-electron chi connectivity index (χ0n) is 12.2. The number of hydrazine groups is 1. The summed E-state index contributed by atoms with van der Waals surface area (Å²) >= 11 is 0. The number of nitrogens with one attached hydrogen (secondary N) is 1. The number of fused-ring (bicyclic) bond motifs is 1. The Hall–Kier alpha value is -2.30. The van der Waals surface area contributed by atoms with Gasteiger partial charge in [-0.15, -0.1) is 0 Å².